The molecule has 3 aliphatic rings. The van der Waals surface area contributed by atoms with Gasteiger partial charge in [0.1, 0.15) is 59.7 Å². The van der Waals surface area contributed by atoms with Gasteiger partial charge in [0.2, 0.25) is 59.1 Å². The largest absolute Gasteiger partial charge is 0.444 e. The molecule has 12 amide bonds. The van der Waals surface area contributed by atoms with Crippen molar-refractivity contribution in [1.29, 1.82) is 0 Å². The minimum absolute atomic E-state index is 0.00785. The molecular weight excluding hydrogens is 1330 g/mol. The third-order valence-electron chi connectivity index (χ3n) is 16.4. The molecule has 5 rings (SSSR count). The first-order chi connectivity index (χ1) is 47.3. The number of ether oxygens (including phenoxy) is 4. The molecule has 2 aromatic carbocycles. The summed E-state index contributed by atoms with van der Waals surface area (Å²) in [5.74, 6) is -6.54. The molecule has 4 bridgehead atoms. The second-order valence-electron chi connectivity index (χ2n) is 28.4. The van der Waals surface area contributed by atoms with Crippen LogP contribution in [0.2, 0.25) is 0 Å². The molecule has 0 radical (unpaired) electrons. The maximum absolute atomic E-state index is 14.8. The number of benzene rings is 2. The predicted octanol–water partition coefficient (Wildman–Crippen LogP) is 3.03. The van der Waals surface area contributed by atoms with E-state index in [1.807, 2.05) is 27.7 Å². The van der Waals surface area contributed by atoms with Crippen LogP contribution in [0.1, 0.15) is 157 Å². The molecule has 12 N–H and O–H groups in total. The fourth-order valence-corrected chi connectivity index (χ4v) is 12.0. The Hall–Kier alpha value is -7.70. The Morgan fingerprint density at radius 3 is 1.18 bits per heavy atom. The van der Waals surface area contributed by atoms with Gasteiger partial charge in [0.05, 0.1) is 24.3 Å². The van der Waals surface area contributed by atoms with Crippen LogP contribution in [0.15, 0.2) is 60.7 Å². The normalized spacial score (nSPS) is 23.3. The zero-order valence-corrected chi connectivity index (χ0v) is 61.2. The van der Waals surface area contributed by atoms with Gasteiger partial charge in [-0.05, 0) is 127 Å². The quantitative estimate of drug-likeness (QED) is 0.0430. The lowest BCUT2D eigenvalue weighted by atomic mass is 10.00. The summed E-state index contributed by atoms with van der Waals surface area (Å²) in [6, 6.07) is 8.28. The van der Waals surface area contributed by atoms with Crippen molar-refractivity contribution in [3.63, 3.8) is 0 Å². The molecule has 0 spiro atoms. The van der Waals surface area contributed by atoms with Crippen LogP contribution in [0.25, 0.3) is 0 Å². The summed E-state index contributed by atoms with van der Waals surface area (Å²) < 4.78 is 23.6. The molecule has 3 heterocycles. The van der Waals surface area contributed by atoms with Crippen molar-refractivity contribution < 1.29 is 76.5 Å². The first-order valence-electron chi connectivity index (χ1n) is 34.8. The smallest absolute Gasteiger partial charge is 0.407 e. The van der Waals surface area contributed by atoms with Crippen molar-refractivity contribution in [2.24, 2.45) is 11.8 Å². The number of hydrogen-bond acceptors (Lipinski definition) is 18. The Morgan fingerprint density at radius 1 is 0.500 bits per heavy atom. The highest BCUT2D eigenvalue weighted by atomic mass is 32.1. The Morgan fingerprint density at radius 2 is 0.850 bits per heavy atom. The minimum atomic E-state index is -1.36. The van der Waals surface area contributed by atoms with Crippen LogP contribution in [-0.2, 0) is 79.7 Å². The van der Waals surface area contributed by atoms with Gasteiger partial charge < -0.3 is 82.7 Å². The topological polar surface area (TPSA) is 386 Å². The Labute approximate surface area is 598 Å². The van der Waals surface area contributed by atoms with E-state index in [-0.39, 0.29) is 114 Å². The number of thiol groups is 2. The van der Waals surface area contributed by atoms with E-state index in [2.05, 4.69) is 89.1 Å². The monoisotopic (exact) mass is 1440 g/mol. The van der Waals surface area contributed by atoms with Crippen molar-refractivity contribution >= 4 is 96.5 Å². The summed E-state index contributed by atoms with van der Waals surface area (Å²) in [5, 5.41) is 34.0. The van der Waals surface area contributed by atoms with Crippen LogP contribution in [-0.4, -0.2) is 193 Å². The number of carbonyl (C=O) groups excluding carboxylic acids is 12. The first-order valence-corrected chi connectivity index (χ1v) is 36.1. The molecule has 556 valence electrons. The summed E-state index contributed by atoms with van der Waals surface area (Å²) in [7, 11) is 0. The van der Waals surface area contributed by atoms with Crippen molar-refractivity contribution in [1.82, 2.24) is 63.8 Å². The highest BCUT2D eigenvalue weighted by molar-refractivity contribution is 7.80. The molecule has 0 unspecified atom stereocenters. The second-order valence-corrected chi connectivity index (χ2v) is 29.3. The number of unbranched alkanes of at least 4 members (excludes halogenated alkanes) is 2. The summed E-state index contributed by atoms with van der Waals surface area (Å²) in [5.41, 5.74) is -0.161. The average molecular weight is 1440 g/mol. The van der Waals surface area contributed by atoms with Gasteiger partial charge in [0.25, 0.3) is 0 Å². The van der Waals surface area contributed by atoms with Gasteiger partial charge in [0.15, 0.2) is 0 Å². The molecular formula is C70H108N12O16S2. The van der Waals surface area contributed by atoms with Crippen LogP contribution in [0.3, 0.4) is 0 Å². The van der Waals surface area contributed by atoms with Gasteiger partial charge >= 0.3 is 12.2 Å². The van der Waals surface area contributed by atoms with Gasteiger partial charge in [-0.3, -0.25) is 47.9 Å². The van der Waals surface area contributed by atoms with Crippen molar-refractivity contribution in [2.75, 3.05) is 37.7 Å². The molecule has 3 aliphatic heterocycles. The van der Waals surface area contributed by atoms with Crippen LogP contribution in [0, 0.1) is 11.8 Å². The molecule has 100 heavy (non-hydrogen) atoms. The number of amides is 12. The average Bonchev–Trinajstić information content (AvgIpc) is 1.67. The van der Waals surface area contributed by atoms with Crippen LogP contribution >= 0.6 is 25.3 Å². The van der Waals surface area contributed by atoms with Gasteiger partial charge in [-0.25, -0.2) is 9.59 Å². The fourth-order valence-electron chi connectivity index (χ4n) is 11.6. The molecule has 3 fully saturated rings. The molecule has 30 heteroatoms. The third-order valence-corrected chi connectivity index (χ3v) is 16.8. The predicted molar refractivity (Wildman–Crippen MR) is 380 cm³/mol. The van der Waals surface area contributed by atoms with Crippen LogP contribution in [0.5, 0.6) is 0 Å². The zero-order chi connectivity index (χ0) is 73.7. The summed E-state index contributed by atoms with van der Waals surface area (Å²) in [6.07, 6.45) is -4.73. The lowest BCUT2D eigenvalue weighted by Crippen LogP contribution is -2.57. The molecule has 2 aromatic rings. The molecule has 28 nitrogen and oxygen atoms in total. The number of nitrogens with one attached hydrogen (secondary N) is 12. The summed E-state index contributed by atoms with van der Waals surface area (Å²) >= 11 is 8.40. The Kier molecular flexibility index (Phi) is 34.2. The number of fused-ring (bicyclic) bond motifs is 4. The van der Waals surface area contributed by atoms with Crippen molar-refractivity contribution in [3.05, 3.63) is 71.8 Å². The molecule has 0 aliphatic carbocycles. The molecule has 12 atom stereocenters. The summed E-state index contributed by atoms with van der Waals surface area (Å²) in [4.78, 5) is 169. The second kappa shape index (κ2) is 41.3. The van der Waals surface area contributed by atoms with E-state index in [4.69, 9.17) is 18.9 Å². The first kappa shape index (κ1) is 83.0. The maximum atomic E-state index is 14.8. The van der Waals surface area contributed by atoms with Gasteiger partial charge in [-0.2, -0.15) is 25.3 Å². The van der Waals surface area contributed by atoms with E-state index >= 15 is 0 Å². The molecule has 3 saturated heterocycles. The van der Waals surface area contributed by atoms with E-state index in [0.717, 1.165) is 0 Å². The minimum Gasteiger partial charge on any atom is -0.444 e. The SMILES string of the molecule is CC(C)C[C@@H]1NC(=O)[C@H](Cc2ccccc2)NC(=O)[C@@H]2C[C@H](NC(=O)[C@H](CCCCNC(=O)OC(C)(C)C)NC(=O)CCS)[C@@H](CNC(=O)[C@H](CC(C)C)NC(=O)[C@H](Cc3ccccc3)NC(=O)[C@@H]3C[C@H](NC(=O)[C@H](CCCCNC(=O)OC(C)(C)C)NC(=O)CCS)[C@@H](CNC1=O)O3)O2. The van der Waals surface area contributed by atoms with Crippen molar-refractivity contribution in [3.8, 4) is 0 Å². The van der Waals surface area contributed by atoms with Gasteiger partial charge in [0, 0.05) is 64.7 Å². The number of alkyl carbamates (subject to hydrolysis) is 2. The van der Waals surface area contributed by atoms with Crippen LogP contribution in [0.4, 0.5) is 9.59 Å². The van der Waals surface area contributed by atoms with Gasteiger partial charge in [-0.1, -0.05) is 88.4 Å². The standard InChI is InChI=1S/C70H108N12O16S2/c1-41(2)33-49-59(85)73-39-55-47(77-61(87)45(75-57(83)27-31-99)25-17-19-29-71-67(93)97-69(5,6)7)37-54(95-55)66(92)82-52(36-44-23-15-12-16-24-44)64(90)80-50(34-42(3)4)60(86)74-40-56-48(38-53(96-56)65(91)81-51(63(89)79-49)35-43-21-13-11-14-22-43)78-62(88)46(76-58(84)28-32-100)26-18-20-30-72-68(94)98-70(8,9)10/h11-16,21-24,41-42,45-56,99-100H,17-20,25-40H2,1-10H3,(H,71,93)(H,72,94)(H,73,85)(H,74,86)(H,75,83)(H,76,84)(H,77,87)(H,78,88)(H,79,89)(H,80,90)(H,81,91)(H,82,92)/t45-,46-,47-,48-,49-,50-,51-,52-,53-,54-,55+,56+/m0/s1. The molecule has 0 aromatic heterocycles. The Balaban J connectivity index is 1.52. The van der Waals surface area contributed by atoms with Crippen molar-refractivity contribution in [2.45, 2.75) is 243 Å². The van der Waals surface area contributed by atoms with E-state index in [0.29, 0.717) is 36.8 Å². The summed E-state index contributed by atoms with van der Waals surface area (Å²) in [6.45, 7) is 17.6. The van der Waals surface area contributed by atoms with E-state index in [9.17, 15) is 57.5 Å². The Bertz CT molecular complexity index is 2850. The van der Waals surface area contributed by atoms with E-state index in [1.54, 1.807) is 102 Å². The molecule has 0 saturated carbocycles. The highest BCUT2D eigenvalue weighted by Crippen LogP contribution is 2.25. The van der Waals surface area contributed by atoms with Gasteiger partial charge in [-0.15, -0.1) is 0 Å². The fraction of sp³-hybridized carbons (Fsp3) is 0.657. The van der Waals surface area contributed by atoms with Crippen LogP contribution < -0.4 is 63.8 Å². The van der Waals surface area contributed by atoms with E-state index in [1.165, 1.54) is 0 Å². The third kappa shape index (κ3) is 30.2. The number of rotatable bonds is 28. The number of hydrogen-bond donors (Lipinski definition) is 14. The van der Waals surface area contributed by atoms with E-state index < -0.39 is 155 Å². The maximum Gasteiger partial charge on any atom is 0.407 e. The highest BCUT2D eigenvalue weighted by Gasteiger charge is 2.45. The lowest BCUT2D eigenvalue weighted by molar-refractivity contribution is -0.138. The lowest BCUT2D eigenvalue weighted by Gasteiger charge is -2.27. The zero-order valence-electron chi connectivity index (χ0n) is 59.4. The number of carbonyl (C=O) groups is 12.